The predicted molar refractivity (Wildman–Crippen MR) is 53.6 cm³/mol. The maximum absolute atomic E-state index is 1.56. The molecule has 2 saturated heterocycles. The van der Waals surface area contributed by atoms with Crippen LogP contribution in [0.5, 0.6) is 0 Å². The number of hydrogen-bond donors (Lipinski definition) is 0. The third-order valence-corrected chi connectivity index (χ3v) is 3.47. The highest BCUT2D eigenvalue weighted by Crippen LogP contribution is 2.39. The molecule has 2 fully saturated rings. The molecule has 64 valence electrons. The van der Waals surface area contributed by atoms with Crippen LogP contribution in [0.1, 0.15) is 46.0 Å². The molecular weight excluding hydrogens is 131 g/mol. The molecule has 0 atom stereocenters. The topological polar surface area (TPSA) is 0 Å². The molecule has 0 bridgehead atoms. The van der Waals surface area contributed by atoms with Gasteiger partial charge >= 0.3 is 0 Å². The second-order valence-electron chi connectivity index (χ2n) is 4.09. The molecule has 2 rings (SSSR count). The highest BCUT2D eigenvalue weighted by atomic mass is 14.2. The Morgan fingerprint density at radius 1 is 0.818 bits per heavy atom. The Bertz CT molecular complexity index is 85.4. The van der Waals surface area contributed by atoms with Crippen LogP contribution in [0.15, 0.2) is 0 Å². The van der Waals surface area contributed by atoms with E-state index in [1.807, 2.05) is 0 Å². The van der Waals surface area contributed by atoms with Crippen LogP contribution in [0.4, 0.5) is 0 Å². The number of hydrogen-bond acceptors (Lipinski definition) is 0. The lowest BCUT2D eigenvalue weighted by Gasteiger charge is -2.32. The molecule has 0 amide bonds. The summed E-state index contributed by atoms with van der Waals surface area (Å²) in [5, 5.41) is 0. The first-order chi connectivity index (χ1) is 4.97. The van der Waals surface area contributed by atoms with Crippen LogP contribution in [-0.4, -0.2) is 6.71 Å². The summed E-state index contributed by atoms with van der Waals surface area (Å²) >= 11 is 0. The Morgan fingerprint density at radius 2 is 1.36 bits per heavy atom. The van der Waals surface area contributed by atoms with Crippen LogP contribution >= 0.6 is 0 Å². The minimum absolute atomic E-state index is 0. The first kappa shape index (κ1) is 9.16. The van der Waals surface area contributed by atoms with E-state index < -0.39 is 0 Å². The molecule has 0 N–H and O–H groups in total. The van der Waals surface area contributed by atoms with Crippen LogP contribution in [0, 0.1) is 0 Å². The van der Waals surface area contributed by atoms with E-state index in [-0.39, 0.29) is 7.43 Å². The molecule has 0 radical (unpaired) electrons. The van der Waals surface area contributed by atoms with Gasteiger partial charge in [0.05, 0.1) is 0 Å². The summed E-state index contributed by atoms with van der Waals surface area (Å²) in [4.78, 5) is 0. The summed E-state index contributed by atoms with van der Waals surface area (Å²) in [5.41, 5.74) is 0. The van der Waals surface area contributed by atoms with E-state index in [2.05, 4.69) is 0 Å². The summed E-state index contributed by atoms with van der Waals surface area (Å²) in [7, 11) is 0. The van der Waals surface area contributed by atoms with E-state index in [1.54, 1.807) is 25.5 Å². The maximum Gasteiger partial charge on any atom is 0.143 e. The highest BCUT2D eigenvalue weighted by Gasteiger charge is 2.29. The minimum atomic E-state index is 0. The van der Waals surface area contributed by atoms with Gasteiger partial charge in [0.1, 0.15) is 6.71 Å². The van der Waals surface area contributed by atoms with Gasteiger partial charge in [-0.2, -0.15) is 0 Å². The van der Waals surface area contributed by atoms with Gasteiger partial charge in [-0.15, -0.1) is 0 Å². The van der Waals surface area contributed by atoms with Crippen LogP contribution in [0.3, 0.4) is 0 Å². The molecule has 0 aromatic carbocycles. The van der Waals surface area contributed by atoms with Gasteiger partial charge in [0, 0.05) is 0 Å². The molecule has 0 aliphatic carbocycles. The molecule has 0 saturated carbocycles. The van der Waals surface area contributed by atoms with Crippen LogP contribution in [-0.2, 0) is 0 Å². The smallest absolute Gasteiger partial charge is 0.0776 e. The second kappa shape index (κ2) is 4.18. The van der Waals surface area contributed by atoms with Crippen molar-refractivity contribution in [3.63, 3.8) is 0 Å². The summed E-state index contributed by atoms with van der Waals surface area (Å²) in [5.74, 6) is 1.16. The van der Waals surface area contributed by atoms with Gasteiger partial charge in [0.25, 0.3) is 0 Å². The lowest BCUT2D eigenvalue weighted by Crippen LogP contribution is -2.27. The Morgan fingerprint density at radius 3 is 1.82 bits per heavy atom. The van der Waals surface area contributed by atoms with Crippen molar-refractivity contribution in [2.45, 2.75) is 64.4 Å². The SMILES string of the molecule is C.C1CCC2CCCCB2C1. The molecule has 0 spiro atoms. The van der Waals surface area contributed by atoms with Crippen LogP contribution < -0.4 is 0 Å². The molecule has 0 aromatic rings. The monoisotopic (exact) mass is 152 g/mol. The summed E-state index contributed by atoms with van der Waals surface area (Å²) in [6.07, 6.45) is 12.4. The number of fused-ring (bicyclic) bond motifs is 1. The van der Waals surface area contributed by atoms with E-state index in [9.17, 15) is 0 Å². The second-order valence-corrected chi connectivity index (χ2v) is 4.09. The molecule has 2 aliphatic heterocycles. The van der Waals surface area contributed by atoms with Gasteiger partial charge in [-0.05, 0) is 0 Å². The standard InChI is InChI=1S/C9H17B.CH4/c1-3-7-10-8-4-2-6-9(10)5-1;/h9H,1-8H2;1H4. The fourth-order valence-electron chi connectivity index (χ4n) is 2.86. The summed E-state index contributed by atoms with van der Waals surface area (Å²) in [6.45, 7) is 1.16. The third-order valence-electron chi connectivity index (χ3n) is 3.47. The lowest BCUT2D eigenvalue weighted by atomic mass is 9.31. The summed E-state index contributed by atoms with van der Waals surface area (Å²) < 4.78 is 0. The zero-order valence-corrected chi connectivity index (χ0v) is 6.81. The first-order valence-corrected chi connectivity index (χ1v) is 4.97. The van der Waals surface area contributed by atoms with Gasteiger partial charge in [0.15, 0.2) is 0 Å². The number of rotatable bonds is 0. The van der Waals surface area contributed by atoms with Crippen molar-refractivity contribution in [1.82, 2.24) is 0 Å². The van der Waals surface area contributed by atoms with Crippen LogP contribution in [0.2, 0.25) is 18.5 Å². The Hall–Kier alpha value is 0.0649. The fourth-order valence-corrected chi connectivity index (χ4v) is 2.86. The van der Waals surface area contributed by atoms with Crippen molar-refractivity contribution >= 4 is 6.71 Å². The molecule has 0 aromatic heterocycles. The molecule has 0 unspecified atom stereocenters. The fraction of sp³-hybridized carbons (Fsp3) is 1.00. The molecular formula is C10H21B. The van der Waals surface area contributed by atoms with Crippen molar-refractivity contribution in [2.75, 3.05) is 0 Å². The minimum Gasteiger partial charge on any atom is -0.0776 e. The molecule has 2 aliphatic rings. The van der Waals surface area contributed by atoms with Gasteiger partial charge in [-0.1, -0.05) is 64.4 Å². The van der Waals surface area contributed by atoms with Gasteiger partial charge in [0.2, 0.25) is 0 Å². The highest BCUT2D eigenvalue weighted by molar-refractivity contribution is 6.60. The first-order valence-electron chi connectivity index (χ1n) is 4.97. The van der Waals surface area contributed by atoms with E-state index in [0.717, 1.165) is 12.5 Å². The molecule has 0 nitrogen and oxygen atoms in total. The summed E-state index contributed by atoms with van der Waals surface area (Å²) in [6, 6.07) is 0. The maximum atomic E-state index is 1.56. The Balaban J connectivity index is 0.000000605. The largest absolute Gasteiger partial charge is 0.143 e. The third kappa shape index (κ3) is 2.01. The van der Waals surface area contributed by atoms with Gasteiger partial charge in [-0.3, -0.25) is 0 Å². The quantitative estimate of drug-likeness (QED) is 0.462. The van der Waals surface area contributed by atoms with Crippen LogP contribution in [0.25, 0.3) is 0 Å². The van der Waals surface area contributed by atoms with E-state index in [0.29, 0.717) is 0 Å². The van der Waals surface area contributed by atoms with Crippen molar-refractivity contribution in [3.8, 4) is 0 Å². The normalized spacial score (nSPS) is 25.6. The van der Waals surface area contributed by atoms with E-state index >= 15 is 0 Å². The predicted octanol–water partition coefficient (Wildman–Crippen LogP) is 3.86. The van der Waals surface area contributed by atoms with E-state index in [1.165, 1.54) is 25.7 Å². The van der Waals surface area contributed by atoms with Gasteiger partial charge in [-0.25, -0.2) is 0 Å². The Kier molecular flexibility index (Phi) is 3.48. The average Bonchev–Trinajstić information content (AvgIpc) is 2.05. The molecule has 1 heteroatoms. The zero-order chi connectivity index (χ0) is 6.81. The van der Waals surface area contributed by atoms with Crippen molar-refractivity contribution in [1.29, 1.82) is 0 Å². The van der Waals surface area contributed by atoms with Crippen molar-refractivity contribution in [2.24, 2.45) is 0 Å². The zero-order valence-electron chi connectivity index (χ0n) is 6.81. The molecule has 11 heavy (non-hydrogen) atoms. The van der Waals surface area contributed by atoms with E-state index in [4.69, 9.17) is 0 Å². The van der Waals surface area contributed by atoms with Crippen molar-refractivity contribution in [3.05, 3.63) is 0 Å². The van der Waals surface area contributed by atoms with Crippen molar-refractivity contribution < 1.29 is 0 Å². The van der Waals surface area contributed by atoms with Gasteiger partial charge < -0.3 is 0 Å². The average molecular weight is 152 g/mol. The lowest BCUT2D eigenvalue weighted by molar-refractivity contribution is 0.532. The Labute approximate surface area is 71.8 Å². The molecule has 2 heterocycles.